The van der Waals surface area contributed by atoms with Crippen LogP contribution in [0.4, 0.5) is 0 Å². The zero-order valence-corrected chi connectivity index (χ0v) is 46.6. The van der Waals surface area contributed by atoms with Crippen LogP contribution in [0.5, 0.6) is 11.5 Å². The van der Waals surface area contributed by atoms with E-state index in [1.807, 2.05) is 0 Å². The van der Waals surface area contributed by atoms with E-state index in [1.54, 1.807) is 0 Å². The maximum absolute atomic E-state index is 6.87. The zero-order chi connectivity index (χ0) is 54.1. The number of unbranched alkanes of at least 4 members (excludes halogenated alkanes) is 6. The van der Waals surface area contributed by atoms with E-state index in [0.29, 0.717) is 13.2 Å². The van der Waals surface area contributed by atoms with Crippen LogP contribution in [0.15, 0.2) is 200 Å². The Hall–Kier alpha value is -8.86. The number of aryl methyl sites for hydroxylation is 1. The fourth-order valence-electron chi connectivity index (χ4n) is 12.5. The number of fused-ring (bicyclic) bond motifs is 13. The van der Waals surface area contributed by atoms with Crippen LogP contribution in [0.1, 0.15) is 94.4 Å². The molecule has 0 fully saturated rings. The Balaban J connectivity index is 1.06. The summed E-state index contributed by atoms with van der Waals surface area (Å²) < 4.78 is 18.5. The molecule has 13 aromatic rings. The van der Waals surface area contributed by atoms with Gasteiger partial charge in [0.1, 0.15) is 11.5 Å². The first-order valence-electron chi connectivity index (χ1n) is 29.2. The number of allylic oxidation sites excluding steroid dienone is 1. The molecule has 4 nitrogen and oxygen atoms in total. The van der Waals surface area contributed by atoms with Gasteiger partial charge >= 0.3 is 0 Å². The largest absolute Gasteiger partial charge is 0.493 e. The molecular weight excluding hydrogens is 973 g/mol. The SMILES string of the molecule is C/C=C/c1cc(-n2c3ccc4ccccc4c3c3c4ccccc4ccc32)c(/C=C/c2ccc(-c3ccc(C)cc3OCCCCCC)c(OCCCCCC)c2)cc1-n1c2cc3ccccc3cc2c2c3ccccc3ccc21. The van der Waals surface area contributed by atoms with E-state index in [-0.39, 0.29) is 0 Å². The highest BCUT2D eigenvalue weighted by molar-refractivity contribution is 6.29. The van der Waals surface area contributed by atoms with E-state index < -0.39 is 0 Å². The van der Waals surface area contributed by atoms with Gasteiger partial charge in [-0.3, -0.25) is 0 Å². The third kappa shape index (κ3) is 9.27. The fourth-order valence-corrected chi connectivity index (χ4v) is 12.5. The average Bonchev–Trinajstić information content (AvgIpc) is 3.76. The van der Waals surface area contributed by atoms with Crippen LogP contribution in [0, 0.1) is 6.92 Å². The first-order chi connectivity index (χ1) is 39.5. The van der Waals surface area contributed by atoms with Gasteiger partial charge in [0.05, 0.1) is 46.7 Å². The normalized spacial score (nSPS) is 12.2. The second-order valence-corrected chi connectivity index (χ2v) is 21.8. The summed E-state index contributed by atoms with van der Waals surface area (Å²) in [7, 11) is 0. The lowest BCUT2D eigenvalue weighted by Gasteiger charge is -2.19. The fraction of sp³-hybridized carbons (Fsp3) is 0.184. The minimum Gasteiger partial charge on any atom is -0.493 e. The molecule has 80 heavy (non-hydrogen) atoms. The van der Waals surface area contributed by atoms with E-state index in [2.05, 4.69) is 255 Å². The summed E-state index contributed by atoms with van der Waals surface area (Å²) in [5.41, 5.74) is 13.5. The summed E-state index contributed by atoms with van der Waals surface area (Å²) in [4.78, 5) is 0. The van der Waals surface area contributed by atoms with Gasteiger partial charge < -0.3 is 18.6 Å². The highest BCUT2D eigenvalue weighted by Crippen LogP contribution is 2.45. The Morgan fingerprint density at radius 3 is 1.41 bits per heavy atom. The van der Waals surface area contributed by atoms with Gasteiger partial charge in [-0.15, -0.1) is 0 Å². The van der Waals surface area contributed by atoms with E-state index in [4.69, 9.17) is 9.47 Å². The third-order valence-corrected chi connectivity index (χ3v) is 16.5. The second-order valence-electron chi connectivity index (χ2n) is 21.8. The quantitative estimate of drug-likeness (QED) is 0.0633. The molecule has 4 heteroatoms. The first kappa shape index (κ1) is 50.6. The molecule has 0 radical (unpaired) electrons. The average molecular weight is 1040 g/mol. The topological polar surface area (TPSA) is 28.3 Å². The predicted molar refractivity (Wildman–Crippen MR) is 345 cm³/mol. The van der Waals surface area contributed by atoms with E-state index in [9.17, 15) is 0 Å². The minimum atomic E-state index is 0.652. The van der Waals surface area contributed by atoms with Crippen molar-refractivity contribution >= 4 is 105 Å². The van der Waals surface area contributed by atoms with Crippen LogP contribution < -0.4 is 9.47 Å². The van der Waals surface area contributed by atoms with Crippen molar-refractivity contribution in [2.45, 2.75) is 79.1 Å². The number of ether oxygens (including phenoxy) is 2. The van der Waals surface area contributed by atoms with Crippen LogP contribution >= 0.6 is 0 Å². The molecule has 13 rings (SSSR count). The molecule has 0 aliphatic heterocycles. The van der Waals surface area contributed by atoms with Gasteiger partial charge in [0.2, 0.25) is 0 Å². The van der Waals surface area contributed by atoms with E-state index in [1.165, 1.54) is 124 Å². The smallest absolute Gasteiger partial charge is 0.127 e. The van der Waals surface area contributed by atoms with E-state index >= 15 is 0 Å². The van der Waals surface area contributed by atoms with E-state index in [0.717, 1.165) is 70.0 Å². The number of aromatic nitrogens is 2. The van der Waals surface area contributed by atoms with Crippen molar-refractivity contribution in [2.75, 3.05) is 13.2 Å². The number of nitrogens with zero attached hydrogens (tertiary/aromatic N) is 2. The number of hydrogen-bond acceptors (Lipinski definition) is 2. The standard InChI is InChI=1S/C76H68N2O2/c1-5-8-10-20-43-79-72-45-51(4)31-38-63(72)64-39-33-52(46-73(64)80-44-21-11-9-6-2)32-34-59-50-69(78-66-40-35-53-23-14-17-28-60(53)74(66)65-47-56-26-12-13-27-57(56)48-71(65)78)58(22-7-3)49-70(59)77-67-41-36-54-24-15-18-29-61(54)75(67)76-62-30-19-16-25-55(62)37-42-68(76)77/h7,12-19,22-42,45-50H,5-6,8-11,20-21,43-44H2,1-4H3/b22-7+,34-32+. The van der Waals surface area contributed by atoms with Crippen molar-refractivity contribution in [2.24, 2.45) is 0 Å². The Bertz CT molecular complexity index is 4450. The lowest BCUT2D eigenvalue weighted by Crippen LogP contribution is -2.03. The van der Waals surface area contributed by atoms with Crippen LogP contribution in [-0.4, -0.2) is 22.3 Å². The number of hydrogen-bond donors (Lipinski definition) is 0. The van der Waals surface area contributed by atoms with Gasteiger partial charge in [-0.05, 0) is 142 Å². The summed E-state index contributed by atoms with van der Waals surface area (Å²) in [6.07, 6.45) is 18.3. The molecule has 0 unspecified atom stereocenters. The molecule has 0 aliphatic rings. The molecule has 0 bridgehead atoms. The maximum Gasteiger partial charge on any atom is 0.127 e. The summed E-state index contributed by atoms with van der Waals surface area (Å²) >= 11 is 0. The number of benzene rings is 11. The number of rotatable bonds is 18. The Kier molecular flexibility index (Phi) is 14.0. The molecule has 0 amide bonds. The molecule has 0 N–H and O–H groups in total. The van der Waals surface area contributed by atoms with Crippen LogP contribution in [-0.2, 0) is 0 Å². The van der Waals surface area contributed by atoms with Gasteiger partial charge in [0, 0.05) is 43.8 Å². The Morgan fingerprint density at radius 2 is 0.850 bits per heavy atom. The highest BCUT2D eigenvalue weighted by Gasteiger charge is 2.23. The molecule has 2 heterocycles. The molecule has 0 saturated carbocycles. The van der Waals surface area contributed by atoms with Crippen molar-refractivity contribution in [3.05, 3.63) is 222 Å². The molecule has 11 aromatic carbocycles. The third-order valence-electron chi connectivity index (χ3n) is 16.5. The summed E-state index contributed by atoms with van der Waals surface area (Å²) in [6.45, 7) is 10.1. The van der Waals surface area contributed by atoms with Crippen molar-refractivity contribution in [1.82, 2.24) is 9.13 Å². The van der Waals surface area contributed by atoms with Crippen molar-refractivity contribution in [3.63, 3.8) is 0 Å². The van der Waals surface area contributed by atoms with Gasteiger partial charge in [-0.1, -0.05) is 210 Å². The zero-order valence-electron chi connectivity index (χ0n) is 46.6. The van der Waals surface area contributed by atoms with Gasteiger partial charge in [-0.25, -0.2) is 0 Å². The van der Waals surface area contributed by atoms with Crippen molar-refractivity contribution < 1.29 is 9.47 Å². The predicted octanol–water partition coefficient (Wildman–Crippen LogP) is 21.6. The summed E-state index contributed by atoms with van der Waals surface area (Å²) in [5, 5.41) is 14.9. The summed E-state index contributed by atoms with van der Waals surface area (Å²) in [5.74, 6) is 1.79. The van der Waals surface area contributed by atoms with Crippen LogP contribution in [0.2, 0.25) is 0 Å². The first-order valence-corrected chi connectivity index (χ1v) is 29.2. The van der Waals surface area contributed by atoms with Crippen LogP contribution in [0.3, 0.4) is 0 Å². The lowest BCUT2D eigenvalue weighted by atomic mass is 9.99. The molecule has 394 valence electrons. The van der Waals surface area contributed by atoms with Crippen molar-refractivity contribution in [3.8, 4) is 34.0 Å². The highest BCUT2D eigenvalue weighted by atomic mass is 16.5. The van der Waals surface area contributed by atoms with Gasteiger partial charge in [-0.2, -0.15) is 0 Å². The molecular formula is C76H68N2O2. The minimum absolute atomic E-state index is 0.652. The van der Waals surface area contributed by atoms with Gasteiger partial charge in [0.25, 0.3) is 0 Å². The molecule has 2 aromatic heterocycles. The molecule has 0 spiro atoms. The van der Waals surface area contributed by atoms with Gasteiger partial charge in [0.15, 0.2) is 0 Å². The maximum atomic E-state index is 6.87. The lowest BCUT2D eigenvalue weighted by molar-refractivity contribution is 0.302. The van der Waals surface area contributed by atoms with Crippen molar-refractivity contribution in [1.29, 1.82) is 0 Å². The molecule has 0 atom stereocenters. The molecule has 0 saturated heterocycles. The van der Waals surface area contributed by atoms with Crippen LogP contribution in [0.25, 0.3) is 127 Å². The Labute approximate surface area is 469 Å². The second kappa shape index (κ2) is 22.1. The molecule has 0 aliphatic carbocycles. The monoisotopic (exact) mass is 1040 g/mol. The Morgan fingerprint density at radius 1 is 0.375 bits per heavy atom. The summed E-state index contributed by atoms with van der Waals surface area (Å²) in [6, 6.07) is 72.2.